The van der Waals surface area contributed by atoms with Gasteiger partial charge < -0.3 is 18.8 Å². The molecule has 0 aromatic heterocycles. The summed E-state index contributed by atoms with van der Waals surface area (Å²) in [6.45, 7) is 8.05. The molecule has 2 aromatic carbocycles. The van der Waals surface area contributed by atoms with Crippen molar-refractivity contribution in [1.82, 2.24) is 0 Å². The van der Waals surface area contributed by atoms with Crippen LogP contribution in [0.3, 0.4) is 0 Å². The van der Waals surface area contributed by atoms with E-state index < -0.39 is 24.1 Å². The average molecular weight is 358 g/mol. The fourth-order valence-electron chi connectivity index (χ4n) is 2.71. The van der Waals surface area contributed by atoms with Gasteiger partial charge in [-0.3, -0.25) is 0 Å². The molecule has 0 amide bonds. The van der Waals surface area contributed by atoms with Crippen molar-refractivity contribution in [2.75, 3.05) is 7.11 Å². The Bertz CT molecular complexity index is 761. The largest absolute Gasteiger partial charge is 0.497 e. The predicted octanol–water partition coefficient (Wildman–Crippen LogP) is 3.71. The van der Waals surface area contributed by atoms with Crippen LogP contribution >= 0.6 is 0 Å². The molecule has 0 aliphatic carbocycles. The van der Waals surface area contributed by atoms with Crippen molar-refractivity contribution >= 4 is 12.6 Å². The fourth-order valence-corrected chi connectivity index (χ4v) is 2.71. The summed E-state index contributed by atoms with van der Waals surface area (Å²) in [6, 6.07) is 12.6. The van der Waals surface area contributed by atoms with Crippen molar-refractivity contribution in [3.8, 4) is 11.5 Å². The maximum atomic E-state index is 14.8. The lowest BCUT2D eigenvalue weighted by Gasteiger charge is -2.32. The second-order valence-electron chi connectivity index (χ2n) is 7.39. The molecule has 1 aliphatic rings. The van der Waals surface area contributed by atoms with Crippen LogP contribution in [0.15, 0.2) is 42.5 Å². The van der Waals surface area contributed by atoms with Gasteiger partial charge in [0.25, 0.3) is 0 Å². The molecule has 1 aliphatic heterocycles. The third kappa shape index (κ3) is 3.57. The Labute approximate surface area is 154 Å². The van der Waals surface area contributed by atoms with Gasteiger partial charge in [-0.2, -0.15) is 0 Å². The quantitative estimate of drug-likeness (QED) is 0.764. The van der Waals surface area contributed by atoms with E-state index in [1.54, 1.807) is 6.07 Å². The standard InChI is InChI=1S/C20H24BFO4/c1-19(2)20(3,4)26-21(25-19)15-11-17(23-5)18(12-16(15)22)24-13-14-9-7-6-8-10-14/h6-12H,13H2,1-5H3. The normalized spacial score (nSPS) is 18.0. The number of hydrogen-bond acceptors (Lipinski definition) is 4. The van der Waals surface area contributed by atoms with Gasteiger partial charge in [-0.1, -0.05) is 30.3 Å². The maximum Gasteiger partial charge on any atom is 0.497 e. The summed E-state index contributed by atoms with van der Waals surface area (Å²) >= 11 is 0. The zero-order valence-corrected chi connectivity index (χ0v) is 15.8. The van der Waals surface area contributed by atoms with E-state index in [1.165, 1.54) is 13.2 Å². The Morgan fingerprint density at radius 1 is 0.962 bits per heavy atom. The van der Waals surface area contributed by atoms with E-state index in [0.717, 1.165) is 5.56 Å². The molecule has 0 bridgehead atoms. The average Bonchev–Trinajstić information content (AvgIpc) is 2.81. The summed E-state index contributed by atoms with van der Waals surface area (Å²) < 4.78 is 37.8. The summed E-state index contributed by atoms with van der Waals surface area (Å²) in [5.41, 5.74) is 0.206. The van der Waals surface area contributed by atoms with Crippen LogP contribution < -0.4 is 14.9 Å². The third-order valence-corrected chi connectivity index (χ3v) is 5.03. The van der Waals surface area contributed by atoms with Crippen LogP contribution in [0.1, 0.15) is 33.3 Å². The third-order valence-electron chi connectivity index (χ3n) is 5.03. The Morgan fingerprint density at radius 3 is 2.15 bits per heavy atom. The fraction of sp³-hybridized carbons (Fsp3) is 0.400. The molecule has 138 valence electrons. The van der Waals surface area contributed by atoms with Crippen molar-refractivity contribution in [1.29, 1.82) is 0 Å². The van der Waals surface area contributed by atoms with Gasteiger partial charge >= 0.3 is 7.12 Å². The molecule has 6 heteroatoms. The minimum absolute atomic E-state index is 0.299. The van der Waals surface area contributed by atoms with Gasteiger partial charge in [0.1, 0.15) is 12.4 Å². The van der Waals surface area contributed by atoms with E-state index in [9.17, 15) is 4.39 Å². The van der Waals surface area contributed by atoms with Gasteiger partial charge in [0.05, 0.1) is 18.3 Å². The summed E-state index contributed by atoms with van der Waals surface area (Å²) in [6.07, 6.45) is 0. The van der Waals surface area contributed by atoms with Crippen molar-refractivity contribution in [3.05, 3.63) is 53.8 Å². The van der Waals surface area contributed by atoms with E-state index in [-0.39, 0.29) is 0 Å². The van der Waals surface area contributed by atoms with Crippen molar-refractivity contribution in [2.24, 2.45) is 0 Å². The second-order valence-corrected chi connectivity index (χ2v) is 7.39. The number of hydrogen-bond donors (Lipinski definition) is 0. The van der Waals surface area contributed by atoms with E-state index >= 15 is 0 Å². The Balaban J connectivity index is 1.84. The molecule has 0 radical (unpaired) electrons. The van der Waals surface area contributed by atoms with Crippen molar-refractivity contribution in [3.63, 3.8) is 0 Å². The van der Waals surface area contributed by atoms with E-state index in [2.05, 4.69) is 0 Å². The summed E-state index contributed by atoms with van der Waals surface area (Å²) in [7, 11) is 0.730. The second kappa shape index (κ2) is 6.93. The molecule has 0 atom stereocenters. The number of rotatable bonds is 5. The zero-order chi connectivity index (χ0) is 18.9. The first-order valence-corrected chi connectivity index (χ1v) is 8.63. The molecule has 2 aromatic rings. The topological polar surface area (TPSA) is 36.9 Å². The molecular weight excluding hydrogens is 334 g/mol. The lowest BCUT2D eigenvalue weighted by atomic mass is 9.78. The molecule has 0 saturated carbocycles. The van der Waals surface area contributed by atoms with Crippen LogP contribution in [0.25, 0.3) is 0 Å². The van der Waals surface area contributed by atoms with Crippen molar-refractivity contribution < 1.29 is 23.2 Å². The lowest BCUT2D eigenvalue weighted by molar-refractivity contribution is 0.00578. The molecule has 1 fully saturated rings. The van der Waals surface area contributed by atoms with E-state index in [0.29, 0.717) is 23.6 Å². The molecule has 26 heavy (non-hydrogen) atoms. The zero-order valence-electron chi connectivity index (χ0n) is 15.8. The Hall–Kier alpha value is -2.05. The molecular formula is C20H24BFO4. The molecule has 0 unspecified atom stereocenters. The summed E-state index contributed by atoms with van der Waals surface area (Å²) in [5.74, 6) is 0.327. The van der Waals surface area contributed by atoms with Crippen LogP contribution in [-0.2, 0) is 15.9 Å². The van der Waals surface area contributed by atoms with Crippen LogP contribution in [-0.4, -0.2) is 25.4 Å². The highest BCUT2D eigenvalue weighted by Crippen LogP contribution is 2.37. The molecule has 0 spiro atoms. The van der Waals surface area contributed by atoms with Crippen LogP contribution in [0.2, 0.25) is 0 Å². The van der Waals surface area contributed by atoms with Gasteiger partial charge in [-0.25, -0.2) is 4.39 Å². The maximum absolute atomic E-state index is 14.8. The smallest absolute Gasteiger partial charge is 0.493 e. The van der Waals surface area contributed by atoms with Gasteiger partial charge in [0.15, 0.2) is 11.5 Å². The molecule has 0 N–H and O–H groups in total. The summed E-state index contributed by atoms with van der Waals surface area (Å²) in [4.78, 5) is 0. The van der Waals surface area contributed by atoms with Gasteiger partial charge in [0, 0.05) is 11.5 Å². The lowest BCUT2D eigenvalue weighted by Crippen LogP contribution is -2.41. The van der Waals surface area contributed by atoms with Crippen LogP contribution in [0.4, 0.5) is 4.39 Å². The highest BCUT2D eigenvalue weighted by atomic mass is 19.1. The Kier molecular flexibility index (Phi) is 4.99. The monoisotopic (exact) mass is 358 g/mol. The number of methoxy groups -OCH3 is 1. The molecule has 4 nitrogen and oxygen atoms in total. The minimum atomic E-state index is -0.794. The molecule has 3 rings (SSSR count). The van der Waals surface area contributed by atoms with Crippen LogP contribution in [0, 0.1) is 5.82 Å². The van der Waals surface area contributed by atoms with E-state index in [4.69, 9.17) is 18.8 Å². The highest BCUT2D eigenvalue weighted by molar-refractivity contribution is 6.62. The van der Waals surface area contributed by atoms with Crippen molar-refractivity contribution in [2.45, 2.75) is 45.5 Å². The number of ether oxygens (including phenoxy) is 2. The van der Waals surface area contributed by atoms with Crippen LogP contribution in [0.5, 0.6) is 11.5 Å². The number of halogens is 1. The first-order chi connectivity index (χ1) is 12.2. The minimum Gasteiger partial charge on any atom is -0.493 e. The Morgan fingerprint density at radius 2 is 1.58 bits per heavy atom. The number of benzene rings is 2. The predicted molar refractivity (Wildman–Crippen MR) is 99.4 cm³/mol. The van der Waals surface area contributed by atoms with Gasteiger partial charge in [0.2, 0.25) is 0 Å². The van der Waals surface area contributed by atoms with Gasteiger partial charge in [-0.15, -0.1) is 0 Å². The first kappa shape index (κ1) is 18.7. The molecule has 1 heterocycles. The molecule has 1 saturated heterocycles. The van der Waals surface area contributed by atoms with Gasteiger partial charge in [-0.05, 0) is 39.3 Å². The summed E-state index contributed by atoms with van der Waals surface area (Å²) in [5, 5.41) is 0. The van der Waals surface area contributed by atoms with E-state index in [1.807, 2.05) is 58.0 Å². The first-order valence-electron chi connectivity index (χ1n) is 8.63. The highest BCUT2D eigenvalue weighted by Gasteiger charge is 2.52. The SMILES string of the molecule is COc1cc(B2OC(C)(C)C(C)(C)O2)c(F)cc1OCc1ccccc1.